The number of aromatic amines is 1. The molecule has 0 aliphatic carbocycles. The first kappa shape index (κ1) is 19.9. The Kier molecular flexibility index (Phi) is 5.10. The number of aliphatic hydroxyl groups is 1. The number of hydrogen-bond acceptors (Lipinski definition) is 6. The van der Waals surface area contributed by atoms with Crippen LogP contribution in [0, 0.1) is 5.82 Å². The van der Waals surface area contributed by atoms with Gasteiger partial charge in [-0.2, -0.15) is 0 Å². The molecule has 1 aromatic heterocycles. The number of aliphatic hydroxyl groups excluding tert-OH is 1. The number of rotatable bonds is 6. The number of halogens is 2. The van der Waals surface area contributed by atoms with E-state index in [9.17, 15) is 14.3 Å². The predicted molar refractivity (Wildman–Crippen MR) is 130 cm³/mol. The van der Waals surface area contributed by atoms with Gasteiger partial charge in [-0.1, -0.05) is 29.8 Å². The van der Waals surface area contributed by atoms with E-state index in [1.807, 2.05) is 0 Å². The van der Waals surface area contributed by atoms with Gasteiger partial charge < -0.3 is 30.2 Å². The van der Waals surface area contributed by atoms with Crippen molar-refractivity contribution >= 4 is 29.0 Å². The molecule has 3 atom stereocenters. The third-order valence-electron chi connectivity index (χ3n) is 6.12. The second-order valence-electron chi connectivity index (χ2n) is 8.58. The number of aliphatic imine (C=N–C) groups is 1. The van der Waals surface area contributed by atoms with Gasteiger partial charge in [0.05, 0.1) is 27.5 Å². The number of nitrogens with zero attached hydrogens (tertiary/aromatic N) is 1. The van der Waals surface area contributed by atoms with Crippen LogP contribution in [0.4, 0.5) is 10.2 Å². The molecule has 182 valence electrons. The monoisotopic (exact) mass is 501 g/mol. The predicted octanol–water partition coefficient (Wildman–Crippen LogP) is 3.80. The van der Waals surface area contributed by atoms with Crippen LogP contribution in [0.3, 0.4) is 0 Å². The molecule has 5 rings (SSSR count). The van der Waals surface area contributed by atoms with Crippen LogP contribution in [0.2, 0.25) is 5.02 Å². The molecule has 1 amide bonds. The Morgan fingerprint density at radius 2 is 2.17 bits per heavy atom. The molecule has 0 bridgehead atoms. The maximum Gasteiger partial charge on any atom is 0.250 e. The minimum atomic E-state index is -2.69. The van der Waals surface area contributed by atoms with E-state index in [0.29, 0.717) is 40.5 Å². The van der Waals surface area contributed by atoms with E-state index in [1.54, 1.807) is 30.5 Å². The van der Waals surface area contributed by atoms with Gasteiger partial charge in [-0.05, 0) is 31.2 Å². The number of carbonyl (C=O) groups is 1. The molecule has 0 spiro atoms. The van der Waals surface area contributed by atoms with Gasteiger partial charge in [0.25, 0.3) is 5.91 Å². The third kappa shape index (κ3) is 4.16. The molecule has 2 aliphatic rings. The summed E-state index contributed by atoms with van der Waals surface area (Å²) in [6.07, 6.45) is 0.413. The van der Waals surface area contributed by atoms with E-state index in [4.69, 9.17) is 25.2 Å². The number of aromatic nitrogens is 1. The molecule has 8 nitrogen and oxygen atoms in total. The standard InChI is InChI=1S/C25H24ClFN4O4/c1-25(12-34-2)24(33)30-18-11-29-23-20(21(18)31-25)15(10-28-23)22(32)14-8-7-13(9-16(14)26)35-19-6-4-3-5-17(19)27/h3-10,18,22,28-29,32H,11-12H2,1-2H3,(H,30,33)/t18?,22?,25-/m0/s1/i2D3. The van der Waals surface area contributed by atoms with Crippen LogP contribution in [-0.2, 0) is 9.53 Å². The van der Waals surface area contributed by atoms with Crippen molar-refractivity contribution in [1.82, 2.24) is 10.3 Å². The number of nitrogens with one attached hydrogen (secondary N) is 3. The number of amides is 1. The van der Waals surface area contributed by atoms with E-state index < -0.39 is 43.1 Å². The molecule has 4 N–H and O–H groups in total. The largest absolute Gasteiger partial charge is 0.454 e. The van der Waals surface area contributed by atoms with Crippen molar-refractivity contribution in [2.75, 3.05) is 25.5 Å². The number of ether oxygens (including phenoxy) is 2. The number of para-hydroxylation sites is 1. The second-order valence-corrected chi connectivity index (χ2v) is 8.99. The van der Waals surface area contributed by atoms with Crippen molar-refractivity contribution in [3.63, 3.8) is 0 Å². The zero-order chi connectivity index (χ0) is 27.2. The van der Waals surface area contributed by atoms with Crippen molar-refractivity contribution in [3.8, 4) is 11.5 Å². The molecule has 3 aromatic rings. The fourth-order valence-corrected chi connectivity index (χ4v) is 4.56. The maximum absolute atomic E-state index is 14.0. The van der Waals surface area contributed by atoms with Crippen LogP contribution < -0.4 is 15.4 Å². The van der Waals surface area contributed by atoms with E-state index in [2.05, 4.69) is 20.6 Å². The number of hydrogen-bond donors (Lipinski definition) is 4. The summed E-state index contributed by atoms with van der Waals surface area (Å²) < 4.78 is 46.4. The summed E-state index contributed by atoms with van der Waals surface area (Å²) in [5.74, 6) is -0.0769. The number of anilines is 1. The zero-order valence-corrected chi connectivity index (χ0v) is 19.3. The van der Waals surface area contributed by atoms with Crippen LogP contribution in [0.25, 0.3) is 0 Å². The normalized spacial score (nSPS) is 23.4. The SMILES string of the molecule is [2H]C([2H])([2H])OC[C@]1(C)N=C2c3c(C(O)c4ccc(Oc5ccccc5F)cc4Cl)c[nH]c3NCC2NC1=O. The molecule has 3 heterocycles. The van der Waals surface area contributed by atoms with Gasteiger partial charge in [-0.15, -0.1) is 0 Å². The van der Waals surface area contributed by atoms with Crippen LogP contribution >= 0.6 is 11.6 Å². The molecule has 2 unspecified atom stereocenters. The van der Waals surface area contributed by atoms with E-state index in [-0.39, 0.29) is 10.8 Å². The van der Waals surface area contributed by atoms with Crippen molar-refractivity contribution in [1.29, 1.82) is 0 Å². The third-order valence-corrected chi connectivity index (χ3v) is 6.45. The topological polar surface area (TPSA) is 108 Å². The van der Waals surface area contributed by atoms with Crippen molar-refractivity contribution in [3.05, 3.63) is 76.2 Å². The lowest BCUT2D eigenvalue weighted by Gasteiger charge is -2.37. The maximum atomic E-state index is 14.0. The molecule has 35 heavy (non-hydrogen) atoms. The molecule has 2 aromatic carbocycles. The van der Waals surface area contributed by atoms with Gasteiger partial charge in [-0.25, -0.2) is 4.39 Å². The lowest BCUT2D eigenvalue weighted by molar-refractivity contribution is -0.128. The van der Waals surface area contributed by atoms with Crippen LogP contribution in [0.1, 0.15) is 33.8 Å². The summed E-state index contributed by atoms with van der Waals surface area (Å²) in [4.78, 5) is 20.5. The Labute approximate surface area is 210 Å². The molecule has 2 aliphatic heterocycles. The minimum Gasteiger partial charge on any atom is -0.454 e. The van der Waals surface area contributed by atoms with Crippen molar-refractivity contribution in [2.45, 2.75) is 24.6 Å². The molecular formula is C25H24ClFN4O4. The highest BCUT2D eigenvalue weighted by Gasteiger charge is 2.43. The lowest BCUT2D eigenvalue weighted by Crippen LogP contribution is -2.60. The first-order chi connectivity index (χ1) is 17.9. The van der Waals surface area contributed by atoms with Crippen molar-refractivity contribution < 1.29 is 27.9 Å². The number of benzene rings is 2. The average Bonchev–Trinajstić information content (AvgIpc) is 3.29. The minimum absolute atomic E-state index is 0.0385. The lowest BCUT2D eigenvalue weighted by atomic mass is 9.89. The van der Waals surface area contributed by atoms with Gasteiger partial charge in [-0.3, -0.25) is 9.79 Å². The number of carbonyl (C=O) groups excluding carboxylic acids is 1. The highest BCUT2D eigenvalue weighted by Crippen LogP contribution is 2.38. The summed E-state index contributed by atoms with van der Waals surface area (Å²) in [7, 11) is -2.69. The van der Waals surface area contributed by atoms with Gasteiger partial charge in [0, 0.05) is 36.5 Å². The fourth-order valence-electron chi connectivity index (χ4n) is 4.28. The number of fused-ring (bicyclic) bond motifs is 3. The van der Waals surface area contributed by atoms with Gasteiger partial charge in [0.2, 0.25) is 0 Å². The summed E-state index contributed by atoms with van der Waals surface area (Å²) in [5.41, 5.74) is 0.330. The molecule has 10 heteroatoms. The molecule has 0 radical (unpaired) electrons. The molecular weight excluding hydrogens is 475 g/mol. The van der Waals surface area contributed by atoms with Crippen LogP contribution in [0.5, 0.6) is 11.5 Å². The summed E-state index contributed by atoms with van der Waals surface area (Å²) >= 11 is 6.50. The Morgan fingerprint density at radius 3 is 2.94 bits per heavy atom. The highest BCUT2D eigenvalue weighted by atomic mass is 35.5. The molecule has 0 saturated heterocycles. The smallest absolute Gasteiger partial charge is 0.250 e. The Balaban J connectivity index is 1.47. The number of H-pyrrole nitrogens is 1. The Hall–Kier alpha value is -3.40. The fraction of sp³-hybridized carbons (Fsp3) is 0.280. The summed E-state index contributed by atoms with van der Waals surface area (Å²) in [5, 5.41) is 17.6. The number of methoxy groups -OCH3 is 1. The Morgan fingerprint density at radius 1 is 1.34 bits per heavy atom. The summed E-state index contributed by atoms with van der Waals surface area (Å²) in [6.45, 7) is 1.38. The highest BCUT2D eigenvalue weighted by molar-refractivity contribution is 6.31. The first-order valence-corrected chi connectivity index (χ1v) is 11.2. The van der Waals surface area contributed by atoms with Gasteiger partial charge in [0.15, 0.2) is 17.1 Å². The van der Waals surface area contributed by atoms with Gasteiger partial charge >= 0.3 is 0 Å². The second kappa shape index (κ2) is 8.99. The van der Waals surface area contributed by atoms with E-state index in [1.165, 1.54) is 25.1 Å². The van der Waals surface area contributed by atoms with Crippen LogP contribution in [0.15, 0.2) is 53.7 Å². The van der Waals surface area contributed by atoms with Gasteiger partial charge in [0.1, 0.15) is 17.7 Å². The van der Waals surface area contributed by atoms with E-state index >= 15 is 0 Å². The first-order valence-electron chi connectivity index (χ1n) is 12.4. The Bertz CT molecular complexity index is 1430. The molecule has 0 saturated carbocycles. The summed E-state index contributed by atoms with van der Waals surface area (Å²) in [6, 6.07) is 10.1. The zero-order valence-electron chi connectivity index (χ0n) is 21.6. The van der Waals surface area contributed by atoms with Crippen molar-refractivity contribution in [2.24, 2.45) is 4.99 Å². The van der Waals surface area contributed by atoms with E-state index in [0.717, 1.165) is 0 Å². The average molecular weight is 502 g/mol. The molecule has 0 fully saturated rings. The quantitative estimate of drug-likeness (QED) is 0.411. The van der Waals surface area contributed by atoms with Crippen LogP contribution in [-0.4, -0.2) is 53.5 Å².